The number of benzene rings is 1. The third kappa shape index (κ3) is 5.40. The van der Waals surface area contributed by atoms with Gasteiger partial charge in [0.25, 0.3) is 11.5 Å². The van der Waals surface area contributed by atoms with Crippen molar-refractivity contribution in [2.45, 2.75) is 45.2 Å². The van der Waals surface area contributed by atoms with Gasteiger partial charge in [-0.2, -0.15) is 0 Å². The number of amides is 3. The van der Waals surface area contributed by atoms with Crippen molar-refractivity contribution in [2.24, 2.45) is 5.92 Å². The maximum Gasteiger partial charge on any atom is 0.326 e. The van der Waals surface area contributed by atoms with Gasteiger partial charge in [-0.3, -0.25) is 24.3 Å². The molecule has 3 rings (SSSR count). The number of para-hydroxylation sites is 1. The Hall–Kier alpha value is -3.23. The van der Waals surface area contributed by atoms with Gasteiger partial charge in [-0.25, -0.2) is 9.78 Å². The quantitative estimate of drug-likeness (QED) is 0.731. The smallest absolute Gasteiger partial charge is 0.326 e. The van der Waals surface area contributed by atoms with E-state index in [9.17, 15) is 19.2 Å². The molecule has 9 heteroatoms. The van der Waals surface area contributed by atoms with Gasteiger partial charge < -0.3 is 10.1 Å². The third-order valence-corrected chi connectivity index (χ3v) is 5.08. The van der Waals surface area contributed by atoms with Crippen LogP contribution in [0.15, 0.2) is 35.4 Å². The van der Waals surface area contributed by atoms with E-state index in [1.165, 1.54) is 6.33 Å². The van der Waals surface area contributed by atoms with E-state index in [-0.39, 0.29) is 18.1 Å². The van der Waals surface area contributed by atoms with Gasteiger partial charge in [-0.15, -0.1) is 0 Å². The molecular formula is C20H24N4O5. The highest BCUT2D eigenvalue weighted by Gasteiger charge is 2.23. The summed E-state index contributed by atoms with van der Waals surface area (Å²) in [4.78, 5) is 52.2. The van der Waals surface area contributed by atoms with E-state index in [4.69, 9.17) is 4.74 Å². The van der Waals surface area contributed by atoms with Gasteiger partial charge >= 0.3 is 12.0 Å². The minimum absolute atomic E-state index is 0.0337. The second-order valence-corrected chi connectivity index (χ2v) is 7.25. The number of aromatic nitrogens is 2. The van der Waals surface area contributed by atoms with Crippen LogP contribution in [0.3, 0.4) is 0 Å². The molecule has 0 aliphatic heterocycles. The van der Waals surface area contributed by atoms with Gasteiger partial charge in [0.1, 0.15) is 6.54 Å². The van der Waals surface area contributed by atoms with Crippen molar-refractivity contribution in [2.75, 3.05) is 6.61 Å². The summed E-state index contributed by atoms with van der Waals surface area (Å²) in [6, 6.07) is 6.22. The molecule has 2 N–H and O–H groups in total. The number of fused-ring (bicyclic) bond motifs is 1. The number of ether oxygens (including phenoxy) is 1. The molecular weight excluding hydrogens is 376 g/mol. The molecule has 1 aromatic carbocycles. The summed E-state index contributed by atoms with van der Waals surface area (Å²) < 4.78 is 5.98. The Balaban J connectivity index is 1.46. The van der Waals surface area contributed by atoms with Gasteiger partial charge in [0.05, 0.1) is 17.2 Å². The SMILES string of the molecule is C[C@@H]1CCCC[C@@H]1NC(=O)NC(=O)COC(=O)Cn1cnc2ccccc2c1=O. The highest BCUT2D eigenvalue weighted by Crippen LogP contribution is 2.23. The van der Waals surface area contributed by atoms with Crippen molar-refractivity contribution in [3.63, 3.8) is 0 Å². The van der Waals surface area contributed by atoms with Crippen LogP contribution in [0, 0.1) is 5.92 Å². The number of nitrogens with zero attached hydrogens (tertiary/aromatic N) is 2. The molecule has 9 nitrogen and oxygen atoms in total. The van der Waals surface area contributed by atoms with Crippen molar-refractivity contribution in [3.05, 3.63) is 40.9 Å². The molecule has 29 heavy (non-hydrogen) atoms. The molecule has 1 aromatic heterocycles. The number of carbonyl (C=O) groups is 3. The molecule has 0 unspecified atom stereocenters. The van der Waals surface area contributed by atoms with E-state index in [0.717, 1.165) is 30.3 Å². The van der Waals surface area contributed by atoms with Gasteiger partial charge in [0, 0.05) is 6.04 Å². The second-order valence-electron chi connectivity index (χ2n) is 7.25. The normalized spacial score (nSPS) is 18.8. The minimum atomic E-state index is -0.777. The van der Waals surface area contributed by atoms with E-state index in [0.29, 0.717) is 16.8 Å². The Labute approximate surface area is 167 Å². The second kappa shape index (κ2) is 9.31. The van der Waals surface area contributed by atoms with Crippen LogP contribution < -0.4 is 16.2 Å². The highest BCUT2D eigenvalue weighted by molar-refractivity contribution is 5.95. The van der Waals surface area contributed by atoms with Crippen LogP contribution in [0.2, 0.25) is 0 Å². The van der Waals surface area contributed by atoms with Gasteiger partial charge in [-0.1, -0.05) is 31.9 Å². The first-order valence-electron chi connectivity index (χ1n) is 9.64. The van der Waals surface area contributed by atoms with E-state index in [2.05, 4.69) is 22.5 Å². The van der Waals surface area contributed by atoms with E-state index >= 15 is 0 Å². The Morgan fingerprint density at radius 1 is 1.21 bits per heavy atom. The molecule has 2 atom stereocenters. The maximum absolute atomic E-state index is 12.3. The average molecular weight is 400 g/mol. The van der Waals surface area contributed by atoms with Crippen LogP contribution in [0.25, 0.3) is 10.9 Å². The first-order chi connectivity index (χ1) is 13.9. The predicted octanol–water partition coefficient (Wildman–Crippen LogP) is 1.34. The lowest BCUT2D eigenvalue weighted by Gasteiger charge is -2.29. The zero-order valence-electron chi connectivity index (χ0n) is 16.2. The molecule has 3 amide bonds. The summed E-state index contributed by atoms with van der Waals surface area (Å²) in [7, 11) is 0. The molecule has 0 spiro atoms. The number of nitrogens with one attached hydrogen (secondary N) is 2. The number of imide groups is 1. The molecule has 1 saturated carbocycles. The summed E-state index contributed by atoms with van der Waals surface area (Å²) >= 11 is 0. The number of esters is 1. The molecule has 154 valence electrons. The van der Waals surface area contributed by atoms with Crippen LogP contribution in [-0.2, 0) is 20.9 Å². The molecule has 1 aliphatic rings. The Morgan fingerprint density at radius 3 is 2.76 bits per heavy atom. The van der Waals surface area contributed by atoms with Crippen molar-refractivity contribution in [1.29, 1.82) is 0 Å². The number of hydrogen-bond acceptors (Lipinski definition) is 6. The summed E-state index contributed by atoms with van der Waals surface area (Å²) in [5.41, 5.74) is 0.151. The van der Waals surface area contributed by atoms with Crippen LogP contribution in [0.4, 0.5) is 4.79 Å². The van der Waals surface area contributed by atoms with Crippen molar-refractivity contribution < 1.29 is 19.1 Å². The fraction of sp³-hybridized carbons (Fsp3) is 0.450. The van der Waals surface area contributed by atoms with Crippen LogP contribution in [0.1, 0.15) is 32.6 Å². The summed E-state index contributed by atoms with van der Waals surface area (Å²) in [6.45, 7) is 1.08. The lowest BCUT2D eigenvalue weighted by molar-refractivity contribution is -0.148. The molecule has 0 bridgehead atoms. The molecule has 0 saturated heterocycles. The molecule has 2 aromatic rings. The highest BCUT2D eigenvalue weighted by atomic mass is 16.5. The van der Waals surface area contributed by atoms with Crippen LogP contribution in [0.5, 0.6) is 0 Å². The van der Waals surface area contributed by atoms with Gasteiger partial charge in [-0.05, 0) is 30.9 Å². The lowest BCUT2D eigenvalue weighted by atomic mass is 9.86. The average Bonchev–Trinajstić information content (AvgIpc) is 2.70. The predicted molar refractivity (Wildman–Crippen MR) is 105 cm³/mol. The van der Waals surface area contributed by atoms with Crippen LogP contribution >= 0.6 is 0 Å². The molecule has 1 heterocycles. The number of hydrogen-bond donors (Lipinski definition) is 2. The molecule has 0 radical (unpaired) electrons. The molecule has 1 aliphatic carbocycles. The molecule has 1 fully saturated rings. The van der Waals surface area contributed by atoms with E-state index in [1.54, 1.807) is 24.3 Å². The Morgan fingerprint density at radius 2 is 1.97 bits per heavy atom. The van der Waals surface area contributed by atoms with Gasteiger partial charge in [0.2, 0.25) is 0 Å². The minimum Gasteiger partial charge on any atom is -0.454 e. The maximum atomic E-state index is 12.3. The van der Waals surface area contributed by atoms with Crippen molar-refractivity contribution in [1.82, 2.24) is 20.2 Å². The standard InChI is InChI=1S/C20H24N4O5/c1-13-6-2-4-8-15(13)22-20(28)23-17(25)11-29-18(26)10-24-12-21-16-9-5-3-7-14(16)19(24)27/h3,5,7,9,12-13,15H,2,4,6,8,10-11H2,1H3,(H2,22,23,25,28)/t13-,15+/m1/s1. The first kappa shape index (κ1) is 20.5. The van der Waals surface area contributed by atoms with Crippen LogP contribution in [-0.4, -0.2) is 40.1 Å². The fourth-order valence-electron chi connectivity index (χ4n) is 3.45. The van der Waals surface area contributed by atoms with E-state index in [1.807, 2.05) is 0 Å². The summed E-state index contributed by atoms with van der Waals surface area (Å²) in [5, 5.41) is 5.33. The number of carbonyl (C=O) groups excluding carboxylic acids is 3. The Bertz CT molecular complexity index is 971. The number of urea groups is 1. The van der Waals surface area contributed by atoms with Gasteiger partial charge in [0.15, 0.2) is 6.61 Å². The topological polar surface area (TPSA) is 119 Å². The Kier molecular flexibility index (Phi) is 6.58. The summed E-state index contributed by atoms with van der Waals surface area (Å²) in [5.74, 6) is -1.15. The zero-order valence-corrected chi connectivity index (χ0v) is 16.2. The first-order valence-corrected chi connectivity index (χ1v) is 9.64. The third-order valence-electron chi connectivity index (χ3n) is 5.08. The fourth-order valence-corrected chi connectivity index (χ4v) is 3.45. The lowest BCUT2D eigenvalue weighted by Crippen LogP contribution is -2.48. The van der Waals surface area contributed by atoms with Crippen molar-refractivity contribution >= 4 is 28.8 Å². The summed E-state index contributed by atoms with van der Waals surface area (Å²) in [6.07, 6.45) is 5.37. The monoisotopic (exact) mass is 400 g/mol. The zero-order chi connectivity index (χ0) is 20.8. The van der Waals surface area contributed by atoms with E-state index < -0.39 is 24.5 Å². The largest absolute Gasteiger partial charge is 0.454 e. The van der Waals surface area contributed by atoms with Crippen molar-refractivity contribution in [3.8, 4) is 0 Å². The number of rotatable bonds is 5.